The molecule has 2 aromatic rings. The van der Waals surface area contributed by atoms with Crippen LogP contribution in [0.25, 0.3) is 0 Å². The third-order valence-corrected chi connectivity index (χ3v) is 4.92. The van der Waals surface area contributed by atoms with Crippen LogP contribution >= 0.6 is 0 Å². The van der Waals surface area contributed by atoms with Crippen molar-refractivity contribution in [3.63, 3.8) is 0 Å². The number of nitrogens with zero attached hydrogens (tertiary/aromatic N) is 2. The summed E-state index contributed by atoms with van der Waals surface area (Å²) < 4.78 is 13.6. The predicted molar refractivity (Wildman–Crippen MR) is 103 cm³/mol. The molecule has 1 fully saturated rings. The number of halogens is 1. The van der Waals surface area contributed by atoms with E-state index in [2.05, 4.69) is 5.32 Å². The van der Waals surface area contributed by atoms with Gasteiger partial charge in [0.25, 0.3) is 0 Å². The number of carbonyl (C=O) groups is 2. The van der Waals surface area contributed by atoms with Crippen molar-refractivity contribution in [3.05, 3.63) is 63.5 Å². The van der Waals surface area contributed by atoms with Crippen LogP contribution < -0.4 is 10.2 Å². The molecular formula is C20H20FN3O4. The van der Waals surface area contributed by atoms with Crippen molar-refractivity contribution in [2.75, 3.05) is 16.8 Å². The summed E-state index contributed by atoms with van der Waals surface area (Å²) in [6.45, 7) is 3.98. The lowest BCUT2D eigenvalue weighted by Gasteiger charge is -2.18. The monoisotopic (exact) mass is 385 g/mol. The molecule has 2 amide bonds. The van der Waals surface area contributed by atoms with E-state index in [0.717, 1.165) is 35.4 Å². The van der Waals surface area contributed by atoms with Gasteiger partial charge in [-0.25, -0.2) is 0 Å². The molecule has 8 heteroatoms. The van der Waals surface area contributed by atoms with E-state index in [1.165, 1.54) is 11.0 Å². The Morgan fingerprint density at radius 3 is 2.79 bits per heavy atom. The maximum atomic E-state index is 13.6. The Morgan fingerprint density at radius 1 is 1.36 bits per heavy atom. The zero-order chi connectivity index (χ0) is 20.4. The van der Waals surface area contributed by atoms with Crippen molar-refractivity contribution in [1.82, 2.24) is 0 Å². The topological polar surface area (TPSA) is 92.6 Å². The SMILES string of the molecule is CCc1cccc(C)c1NC(=O)C1CC(=O)N(c2ccc(F)c([N+](=O)[O-])c2)C1. The Morgan fingerprint density at radius 2 is 2.11 bits per heavy atom. The van der Waals surface area contributed by atoms with Crippen molar-refractivity contribution >= 4 is 28.9 Å². The highest BCUT2D eigenvalue weighted by atomic mass is 19.1. The van der Waals surface area contributed by atoms with Gasteiger partial charge in [0.2, 0.25) is 17.6 Å². The van der Waals surface area contributed by atoms with E-state index in [-0.39, 0.29) is 30.5 Å². The summed E-state index contributed by atoms with van der Waals surface area (Å²) in [5.41, 5.74) is 2.19. The molecule has 1 aliphatic heterocycles. The number of rotatable bonds is 5. The van der Waals surface area contributed by atoms with E-state index < -0.39 is 22.3 Å². The molecule has 1 N–H and O–H groups in total. The summed E-state index contributed by atoms with van der Waals surface area (Å²) in [5, 5.41) is 13.9. The molecule has 3 rings (SSSR count). The second-order valence-corrected chi connectivity index (χ2v) is 6.75. The number of hydrogen-bond acceptors (Lipinski definition) is 4. The van der Waals surface area contributed by atoms with E-state index >= 15 is 0 Å². The summed E-state index contributed by atoms with van der Waals surface area (Å²) in [7, 11) is 0. The lowest BCUT2D eigenvalue weighted by Crippen LogP contribution is -2.28. The van der Waals surface area contributed by atoms with E-state index in [1.807, 2.05) is 32.0 Å². The van der Waals surface area contributed by atoms with Gasteiger partial charge in [0.05, 0.1) is 16.5 Å². The fraction of sp³-hybridized carbons (Fsp3) is 0.300. The summed E-state index contributed by atoms with van der Waals surface area (Å²) in [6.07, 6.45) is 0.747. The zero-order valence-corrected chi connectivity index (χ0v) is 15.6. The molecule has 2 aromatic carbocycles. The number of hydrogen-bond donors (Lipinski definition) is 1. The highest BCUT2D eigenvalue weighted by molar-refractivity contribution is 6.04. The lowest BCUT2D eigenvalue weighted by atomic mass is 10.0. The highest BCUT2D eigenvalue weighted by Crippen LogP contribution is 2.30. The molecule has 28 heavy (non-hydrogen) atoms. The Bertz CT molecular complexity index is 960. The number of nitro groups is 1. The first-order valence-corrected chi connectivity index (χ1v) is 8.95. The first kappa shape index (κ1) is 19.5. The average Bonchev–Trinajstić information content (AvgIpc) is 3.05. The molecule has 1 atom stereocenters. The van der Waals surface area contributed by atoms with E-state index in [0.29, 0.717) is 0 Å². The van der Waals surface area contributed by atoms with Gasteiger partial charge < -0.3 is 10.2 Å². The Kier molecular flexibility index (Phi) is 5.39. The fourth-order valence-corrected chi connectivity index (χ4v) is 3.37. The fourth-order valence-electron chi connectivity index (χ4n) is 3.37. The van der Waals surface area contributed by atoms with Crippen molar-refractivity contribution in [2.45, 2.75) is 26.7 Å². The molecular weight excluding hydrogens is 365 g/mol. The first-order valence-electron chi connectivity index (χ1n) is 8.95. The summed E-state index contributed by atoms with van der Waals surface area (Å²) in [4.78, 5) is 36.5. The van der Waals surface area contributed by atoms with Crippen molar-refractivity contribution in [1.29, 1.82) is 0 Å². The standard InChI is InChI=1S/C20H20FN3O4/c1-3-13-6-4-5-12(2)19(13)22-20(26)14-9-18(25)23(11-14)15-7-8-16(21)17(10-15)24(27)28/h4-8,10,14H,3,9,11H2,1-2H3,(H,22,26). The minimum absolute atomic E-state index is 0.00958. The van der Waals surface area contributed by atoms with Gasteiger partial charge in [0, 0.05) is 24.7 Å². The highest BCUT2D eigenvalue weighted by Gasteiger charge is 2.36. The summed E-state index contributed by atoms with van der Waals surface area (Å²) >= 11 is 0. The summed E-state index contributed by atoms with van der Waals surface area (Å²) in [6, 6.07) is 9.03. The quantitative estimate of drug-likeness (QED) is 0.629. The maximum Gasteiger partial charge on any atom is 0.306 e. The predicted octanol–water partition coefficient (Wildman–Crippen LogP) is 3.60. The number of carbonyl (C=O) groups excluding carboxylic acids is 2. The molecule has 146 valence electrons. The molecule has 0 aromatic heterocycles. The largest absolute Gasteiger partial charge is 0.325 e. The first-order chi connectivity index (χ1) is 13.3. The van der Waals surface area contributed by atoms with Crippen LogP contribution in [0.3, 0.4) is 0 Å². The number of nitro benzene ring substituents is 1. The number of aryl methyl sites for hydroxylation is 2. The number of anilines is 2. The Hall–Kier alpha value is -3.29. The van der Waals surface area contributed by atoms with Crippen LogP contribution in [-0.2, 0) is 16.0 Å². The van der Waals surface area contributed by atoms with Gasteiger partial charge in [-0.3, -0.25) is 19.7 Å². The lowest BCUT2D eigenvalue weighted by molar-refractivity contribution is -0.387. The van der Waals surface area contributed by atoms with Crippen LogP contribution in [-0.4, -0.2) is 23.3 Å². The van der Waals surface area contributed by atoms with Gasteiger partial charge >= 0.3 is 5.69 Å². The molecule has 0 radical (unpaired) electrons. The van der Waals surface area contributed by atoms with Crippen LogP contribution in [0.2, 0.25) is 0 Å². The van der Waals surface area contributed by atoms with Crippen molar-refractivity contribution < 1.29 is 18.9 Å². The van der Waals surface area contributed by atoms with E-state index in [9.17, 15) is 24.1 Å². The number of para-hydroxylation sites is 1. The Labute approximate surface area is 161 Å². The zero-order valence-electron chi connectivity index (χ0n) is 15.6. The molecule has 0 aliphatic carbocycles. The minimum atomic E-state index is -0.971. The van der Waals surface area contributed by atoms with Gasteiger partial charge in [-0.15, -0.1) is 0 Å². The third-order valence-electron chi connectivity index (χ3n) is 4.92. The van der Waals surface area contributed by atoms with Gasteiger partial charge in [-0.1, -0.05) is 25.1 Å². The minimum Gasteiger partial charge on any atom is -0.325 e. The number of benzene rings is 2. The van der Waals surface area contributed by atoms with Crippen molar-refractivity contribution in [2.24, 2.45) is 5.92 Å². The summed E-state index contributed by atoms with van der Waals surface area (Å²) in [5.74, 6) is -2.18. The average molecular weight is 385 g/mol. The molecule has 0 saturated carbocycles. The molecule has 0 bridgehead atoms. The second kappa shape index (κ2) is 7.75. The Balaban J connectivity index is 1.79. The maximum absolute atomic E-state index is 13.6. The molecule has 1 saturated heterocycles. The van der Waals surface area contributed by atoms with Crippen LogP contribution in [0.5, 0.6) is 0 Å². The second-order valence-electron chi connectivity index (χ2n) is 6.75. The normalized spacial score (nSPS) is 16.3. The van der Waals surface area contributed by atoms with Gasteiger partial charge in [-0.2, -0.15) is 4.39 Å². The van der Waals surface area contributed by atoms with Crippen molar-refractivity contribution in [3.8, 4) is 0 Å². The van der Waals surface area contributed by atoms with Gasteiger partial charge in [0.15, 0.2) is 0 Å². The van der Waals surface area contributed by atoms with E-state index in [1.54, 1.807) is 0 Å². The smallest absolute Gasteiger partial charge is 0.306 e. The number of nitrogens with one attached hydrogen (secondary N) is 1. The van der Waals surface area contributed by atoms with Crippen LogP contribution in [0.4, 0.5) is 21.5 Å². The molecule has 7 nitrogen and oxygen atoms in total. The van der Waals surface area contributed by atoms with Gasteiger partial charge in [-0.05, 0) is 36.6 Å². The van der Waals surface area contributed by atoms with Crippen LogP contribution in [0.1, 0.15) is 24.5 Å². The third kappa shape index (κ3) is 3.71. The molecule has 1 aliphatic rings. The van der Waals surface area contributed by atoms with E-state index in [4.69, 9.17) is 0 Å². The molecule has 1 unspecified atom stereocenters. The van der Waals surface area contributed by atoms with Gasteiger partial charge in [0.1, 0.15) is 0 Å². The molecule has 1 heterocycles. The number of amides is 2. The van der Waals surface area contributed by atoms with Crippen LogP contribution in [0.15, 0.2) is 36.4 Å². The van der Waals surface area contributed by atoms with Crippen LogP contribution in [0, 0.1) is 28.8 Å². The molecule has 0 spiro atoms.